The first-order chi connectivity index (χ1) is 14.0. The minimum Gasteiger partial charge on any atom is -0.469 e. The maximum Gasteiger partial charge on any atom is 0.269 e. The number of halogens is 1. The second kappa shape index (κ2) is 6.56. The van der Waals surface area contributed by atoms with Crippen LogP contribution in [0, 0.1) is 10.1 Å². The van der Waals surface area contributed by atoms with E-state index in [4.69, 9.17) is 16.0 Å². The van der Waals surface area contributed by atoms with Gasteiger partial charge in [0.15, 0.2) is 5.78 Å². The first kappa shape index (κ1) is 17.6. The van der Waals surface area contributed by atoms with Crippen molar-refractivity contribution in [3.63, 3.8) is 0 Å². The van der Waals surface area contributed by atoms with Gasteiger partial charge >= 0.3 is 0 Å². The molecule has 146 valence electrons. The van der Waals surface area contributed by atoms with Crippen molar-refractivity contribution in [1.29, 1.82) is 0 Å². The fraction of sp³-hybridized carbons (Fsp3) is 0.211. The summed E-state index contributed by atoms with van der Waals surface area (Å²) in [6, 6.07) is 7.14. The maximum absolute atomic E-state index is 13.2. The van der Waals surface area contributed by atoms with Crippen molar-refractivity contribution in [2.75, 3.05) is 5.32 Å². The van der Waals surface area contributed by atoms with E-state index >= 15 is 0 Å². The third-order valence-corrected chi connectivity index (χ3v) is 5.64. The van der Waals surface area contributed by atoms with Gasteiger partial charge in [0.2, 0.25) is 5.95 Å². The van der Waals surface area contributed by atoms with Gasteiger partial charge in [0.25, 0.3) is 5.69 Å². The SMILES string of the molecule is O=C1C[C@@H](c2ccco2)CC2=C1[C@H](c1cc([N+](=O)[O-])ccc1Cl)n1ncnc1N2. The Hall–Kier alpha value is -3.46. The van der Waals surface area contributed by atoms with E-state index in [1.165, 1.54) is 29.2 Å². The molecule has 0 amide bonds. The number of allylic oxidation sites excluding steroid dienone is 2. The van der Waals surface area contributed by atoms with E-state index in [1.807, 2.05) is 6.07 Å². The molecule has 3 aromatic rings. The number of nitrogens with zero attached hydrogens (tertiary/aromatic N) is 4. The van der Waals surface area contributed by atoms with Gasteiger partial charge < -0.3 is 9.73 Å². The van der Waals surface area contributed by atoms with E-state index < -0.39 is 11.0 Å². The summed E-state index contributed by atoms with van der Waals surface area (Å²) >= 11 is 6.40. The summed E-state index contributed by atoms with van der Waals surface area (Å²) in [6.45, 7) is 0. The molecule has 5 rings (SSSR count). The number of ketones is 1. The van der Waals surface area contributed by atoms with Gasteiger partial charge in [-0.05, 0) is 24.6 Å². The number of anilines is 1. The molecule has 10 heteroatoms. The quantitative estimate of drug-likeness (QED) is 0.514. The summed E-state index contributed by atoms with van der Waals surface area (Å²) < 4.78 is 7.03. The Morgan fingerprint density at radius 1 is 1.31 bits per heavy atom. The number of non-ortho nitro benzene ring substituents is 1. The smallest absolute Gasteiger partial charge is 0.269 e. The van der Waals surface area contributed by atoms with Gasteiger partial charge in [-0.1, -0.05) is 11.6 Å². The molecule has 0 spiro atoms. The van der Waals surface area contributed by atoms with Crippen LogP contribution in [-0.4, -0.2) is 25.5 Å². The van der Waals surface area contributed by atoms with Crippen LogP contribution in [0.1, 0.15) is 36.1 Å². The van der Waals surface area contributed by atoms with E-state index in [-0.39, 0.29) is 23.8 Å². The molecule has 1 N–H and O–H groups in total. The Morgan fingerprint density at radius 2 is 2.17 bits per heavy atom. The fourth-order valence-electron chi connectivity index (χ4n) is 4.02. The van der Waals surface area contributed by atoms with E-state index in [9.17, 15) is 14.9 Å². The van der Waals surface area contributed by atoms with Gasteiger partial charge in [-0.2, -0.15) is 10.1 Å². The third-order valence-electron chi connectivity index (χ3n) is 5.29. The lowest BCUT2D eigenvalue weighted by Gasteiger charge is -2.34. The number of furan rings is 1. The highest BCUT2D eigenvalue weighted by Gasteiger charge is 2.40. The van der Waals surface area contributed by atoms with E-state index in [0.29, 0.717) is 34.2 Å². The zero-order chi connectivity index (χ0) is 20.1. The zero-order valence-electron chi connectivity index (χ0n) is 14.9. The van der Waals surface area contributed by atoms with Crippen LogP contribution in [0.3, 0.4) is 0 Å². The lowest BCUT2D eigenvalue weighted by atomic mass is 9.79. The number of nitrogens with one attached hydrogen (secondary N) is 1. The molecule has 1 aromatic carbocycles. The van der Waals surface area contributed by atoms with Gasteiger partial charge in [-0.25, -0.2) is 4.68 Å². The largest absolute Gasteiger partial charge is 0.469 e. The molecule has 2 aliphatic rings. The van der Waals surface area contributed by atoms with Crippen LogP contribution in [0.25, 0.3) is 0 Å². The molecule has 0 saturated heterocycles. The summed E-state index contributed by atoms with van der Waals surface area (Å²) in [5.74, 6) is 1.00. The highest BCUT2D eigenvalue weighted by molar-refractivity contribution is 6.31. The number of carbonyl (C=O) groups is 1. The van der Waals surface area contributed by atoms with Crippen molar-refractivity contribution in [2.45, 2.75) is 24.8 Å². The Labute approximate surface area is 169 Å². The third kappa shape index (κ3) is 2.82. The van der Waals surface area contributed by atoms with Crippen molar-refractivity contribution in [1.82, 2.24) is 14.8 Å². The first-order valence-electron chi connectivity index (χ1n) is 8.93. The monoisotopic (exact) mass is 411 g/mol. The Balaban J connectivity index is 1.66. The van der Waals surface area contributed by atoms with Gasteiger partial charge in [0.05, 0.1) is 11.2 Å². The number of aromatic nitrogens is 3. The summed E-state index contributed by atoms with van der Waals surface area (Å²) in [5, 5.41) is 19.0. The number of Topliss-reactive ketones (excluding diaryl/α,β-unsaturated/α-hetero) is 1. The number of fused-ring (bicyclic) bond motifs is 1. The van der Waals surface area contributed by atoms with Crippen LogP contribution in [0.15, 0.2) is 58.6 Å². The molecule has 0 radical (unpaired) electrons. The summed E-state index contributed by atoms with van der Waals surface area (Å²) in [4.78, 5) is 28.2. The van der Waals surface area contributed by atoms with Crippen LogP contribution in [-0.2, 0) is 4.79 Å². The van der Waals surface area contributed by atoms with Gasteiger partial charge in [-0.3, -0.25) is 14.9 Å². The fourth-order valence-corrected chi connectivity index (χ4v) is 4.24. The van der Waals surface area contributed by atoms with Crippen molar-refractivity contribution in [3.8, 4) is 0 Å². The molecule has 3 heterocycles. The van der Waals surface area contributed by atoms with Crippen LogP contribution in [0.4, 0.5) is 11.6 Å². The second-order valence-corrected chi connectivity index (χ2v) is 7.36. The normalized spacial score (nSPS) is 20.8. The standard InChI is InChI=1S/C19H14ClN5O4/c20-13-4-3-11(25(27)28)8-12(13)18-17-14(23-19-21-9-22-24(18)19)6-10(7-15(17)26)16-2-1-5-29-16/h1-5,8-10,18H,6-7H2,(H,21,22,23)/t10-,18-/m0/s1. The molecular weight excluding hydrogens is 398 g/mol. The molecule has 29 heavy (non-hydrogen) atoms. The van der Waals surface area contributed by atoms with Crippen LogP contribution in [0.2, 0.25) is 5.02 Å². The molecule has 1 aliphatic heterocycles. The van der Waals surface area contributed by atoms with E-state index in [1.54, 1.807) is 12.3 Å². The Kier molecular flexibility index (Phi) is 3.99. The van der Waals surface area contributed by atoms with Crippen LogP contribution in [0.5, 0.6) is 0 Å². The first-order valence-corrected chi connectivity index (χ1v) is 9.30. The van der Waals surface area contributed by atoms with Gasteiger partial charge in [-0.15, -0.1) is 0 Å². The van der Waals surface area contributed by atoms with Crippen molar-refractivity contribution < 1.29 is 14.1 Å². The lowest BCUT2D eigenvalue weighted by Crippen LogP contribution is -2.33. The lowest BCUT2D eigenvalue weighted by molar-refractivity contribution is -0.384. The number of rotatable bonds is 3. The second-order valence-electron chi connectivity index (χ2n) is 6.95. The Morgan fingerprint density at radius 3 is 2.93 bits per heavy atom. The Bertz CT molecular complexity index is 1170. The molecular formula is C19H14ClN5O4. The van der Waals surface area contributed by atoms with Crippen LogP contribution >= 0.6 is 11.6 Å². The van der Waals surface area contributed by atoms with Gasteiger partial charge in [0.1, 0.15) is 18.1 Å². The van der Waals surface area contributed by atoms with Crippen molar-refractivity contribution in [2.24, 2.45) is 0 Å². The summed E-state index contributed by atoms with van der Waals surface area (Å²) in [6.07, 6.45) is 3.76. The zero-order valence-corrected chi connectivity index (χ0v) is 15.7. The highest BCUT2D eigenvalue weighted by atomic mass is 35.5. The predicted octanol–water partition coefficient (Wildman–Crippen LogP) is 3.85. The topological polar surface area (TPSA) is 116 Å². The minimum absolute atomic E-state index is 0.0890. The minimum atomic E-state index is -0.693. The molecule has 0 unspecified atom stereocenters. The molecule has 2 atom stereocenters. The summed E-state index contributed by atoms with van der Waals surface area (Å²) in [7, 11) is 0. The molecule has 0 fully saturated rings. The van der Waals surface area contributed by atoms with Crippen LogP contribution < -0.4 is 5.32 Å². The average Bonchev–Trinajstić information content (AvgIpc) is 3.38. The van der Waals surface area contributed by atoms with E-state index in [0.717, 1.165) is 5.76 Å². The number of benzene rings is 1. The molecule has 1 aliphatic carbocycles. The van der Waals surface area contributed by atoms with Crippen molar-refractivity contribution in [3.05, 3.63) is 80.7 Å². The predicted molar refractivity (Wildman–Crippen MR) is 103 cm³/mol. The maximum atomic E-state index is 13.2. The van der Waals surface area contributed by atoms with Crippen molar-refractivity contribution >= 4 is 29.0 Å². The highest BCUT2D eigenvalue weighted by Crippen LogP contribution is 2.45. The summed E-state index contributed by atoms with van der Waals surface area (Å²) in [5.41, 5.74) is 1.53. The number of nitro benzene ring substituents is 1. The molecule has 2 aromatic heterocycles. The van der Waals surface area contributed by atoms with Gasteiger partial charge in [0, 0.05) is 46.3 Å². The molecule has 0 saturated carbocycles. The molecule has 0 bridgehead atoms. The van der Waals surface area contributed by atoms with E-state index in [2.05, 4.69) is 15.4 Å². The average molecular weight is 412 g/mol. The number of nitro groups is 1. The number of carbonyl (C=O) groups excluding carboxylic acids is 1. The molecule has 9 nitrogen and oxygen atoms in total. The number of hydrogen-bond donors (Lipinski definition) is 1. The number of hydrogen-bond acceptors (Lipinski definition) is 7.